The van der Waals surface area contributed by atoms with Gasteiger partial charge in [0.15, 0.2) is 6.61 Å². The Morgan fingerprint density at radius 3 is 2.39 bits per heavy atom. The highest BCUT2D eigenvalue weighted by molar-refractivity contribution is 7.08. The number of hydrogen-bond acceptors (Lipinski definition) is 4. The number of carbonyl (C=O) groups excluding carboxylic acids is 2. The van der Waals surface area contributed by atoms with Crippen molar-refractivity contribution in [1.29, 1.82) is 0 Å². The van der Waals surface area contributed by atoms with Gasteiger partial charge in [-0.15, -0.1) is 0 Å². The van der Waals surface area contributed by atoms with E-state index in [2.05, 4.69) is 5.32 Å². The fourth-order valence-electron chi connectivity index (χ4n) is 2.74. The molecule has 0 fully saturated rings. The second-order valence-electron chi connectivity index (χ2n) is 6.22. The highest BCUT2D eigenvalue weighted by Crippen LogP contribution is 2.18. The molecular weight excluding hydrogens is 370 g/mol. The van der Waals surface area contributed by atoms with E-state index in [1.165, 1.54) is 6.08 Å². The number of ether oxygens (including phenoxy) is 1. The highest BCUT2D eigenvalue weighted by atomic mass is 32.1. The Hall–Kier alpha value is -3.18. The van der Waals surface area contributed by atoms with Gasteiger partial charge in [0.2, 0.25) is 0 Å². The Labute approximate surface area is 168 Å². The van der Waals surface area contributed by atoms with E-state index in [0.29, 0.717) is 6.42 Å². The van der Waals surface area contributed by atoms with Crippen molar-refractivity contribution in [2.75, 3.05) is 6.61 Å². The average molecular weight is 391 g/mol. The van der Waals surface area contributed by atoms with Crippen LogP contribution in [0.5, 0.6) is 0 Å². The van der Waals surface area contributed by atoms with Gasteiger partial charge >= 0.3 is 5.97 Å². The minimum atomic E-state index is -0.541. The molecule has 1 atom stereocenters. The fraction of sp³-hybridized carbons (Fsp3) is 0.130. The molecule has 0 saturated heterocycles. The summed E-state index contributed by atoms with van der Waals surface area (Å²) in [4.78, 5) is 24.1. The maximum absolute atomic E-state index is 12.3. The summed E-state index contributed by atoms with van der Waals surface area (Å²) in [6.45, 7) is -0.315. The smallest absolute Gasteiger partial charge is 0.331 e. The Kier molecular flexibility index (Phi) is 7.15. The molecule has 4 nitrogen and oxygen atoms in total. The number of nitrogens with one attached hydrogen (secondary N) is 1. The van der Waals surface area contributed by atoms with Crippen LogP contribution in [0, 0.1) is 0 Å². The lowest BCUT2D eigenvalue weighted by atomic mass is 9.99. The topological polar surface area (TPSA) is 55.4 Å². The van der Waals surface area contributed by atoms with Gasteiger partial charge in [0.05, 0.1) is 6.04 Å². The molecule has 5 heteroatoms. The molecule has 1 heterocycles. The van der Waals surface area contributed by atoms with Crippen molar-refractivity contribution in [3.8, 4) is 0 Å². The lowest BCUT2D eigenvalue weighted by molar-refractivity contribution is -0.144. The van der Waals surface area contributed by atoms with Crippen LogP contribution in [0.25, 0.3) is 6.08 Å². The van der Waals surface area contributed by atoms with Crippen LogP contribution in [0.15, 0.2) is 83.6 Å². The number of rotatable bonds is 8. The number of thiophene rings is 1. The minimum Gasteiger partial charge on any atom is -0.452 e. The quantitative estimate of drug-likeness (QED) is 0.457. The summed E-state index contributed by atoms with van der Waals surface area (Å²) in [5, 5.41) is 6.81. The van der Waals surface area contributed by atoms with E-state index >= 15 is 0 Å². The Morgan fingerprint density at radius 1 is 1.00 bits per heavy atom. The monoisotopic (exact) mass is 391 g/mol. The molecule has 1 N–H and O–H groups in total. The van der Waals surface area contributed by atoms with Crippen LogP contribution in [0.1, 0.15) is 22.7 Å². The van der Waals surface area contributed by atoms with E-state index < -0.39 is 5.97 Å². The molecule has 1 aromatic heterocycles. The summed E-state index contributed by atoms with van der Waals surface area (Å²) >= 11 is 1.55. The molecular formula is C23H21NO3S. The van der Waals surface area contributed by atoms with E-state index in [-0.39, 0.29) is 18.6 Å². The van der Waals surface area contributed by atoms with E-state index in [4.69, 9.17) is 4.74 Å². The third-order valence-corrected chi connectivity index (χ3v) is 4.82. The molecule has 142 valence electrons. The van der Waals surface area contributed by atoms with Crippen molar-refractivity contribution < 1.29 is 14.3 Å². The summed E-state index contributed by atoms with van der Waals surface area (Å²) in [5.74, 6) is -0.872. The summed E-state index contributed by atoms with van der Waals surface area (Å²) in [7, 11) is 0. The molecule has 0 bridgehead atoms. The van der Waals surface area contributed by atoms with E-state index in [9.17, 15) is 9.59 Å². The van der Waals surface area contributed by atoms with Crippen LogP contribution < -0.4 is 5.32 Å². The molecule has 0 aliphatic heterocycles. The fourth-order valence-corrected chi connectivity index (χ4v) is 3.37. The van der Waals surface area contributed by atoms with Gasteiger partial charge in [-0.1, -0.05) is 60.7 Å². The third-order valence-electron chi connectivity index (χ3n) is 4.12. The van der Waals surface area contributed by atoms with Crippen LogP contribution in [-0.2, 0) is 20.7 Å². The normalized spacial score (nSPS) is 11.9. The van der Waals surface area contributed by atoms with Crippen molar-refractivity contribution in [2.45, 2.75) is 12.5 Å². The highest BCUT2D eigenvalue weighted by Gasteiger charge is 2.16. The summed E-state index contributed by atoms with van der Waals surface area (Å²) in [6.07, 6.45) is 3.65. The van der Waals surface area contributed by atoms with Crippen molar-refractivity contribution >= 4 is 29.3 Å². The lowest BCUT2D eigenvalue weighted by Gasteiger charge is -2.19. The number of hydrogen-bond donors (Lipinski definition) is 1. The number of benzene rings is 2. The van der Waals surface area contributed by atoms with Gasteiger partial charge in [-0.25, -0.2) is 4.79 Å². The first kappa shape index (κ1) is 19.6. The number of esters is 1. The first-order valence-corrected chi connectivity index (χ1v) is 9.90. The molecule has 0 saturated carbocycles. The van der Waals surface area contributed by atoms with Crippen LogP contribution in [0.2, 0.25) is 0 Å². The summed E-state index contributed by atoms with van der Waals surface area (Å²) in [5.41, 5.74) is 3.05. The van der Waals surface area contributed by atoms with Gasteiger partial charge in [0, 0.05) is 6.08 Å². The second kappa shape index (κ2) is 10.2. The van der Waals surface area contributed by atoms with Crippen molar-refractivity contribution in [1.82, 2.24) is 5.32 Å². The van der Waals surface area contributed by atoms with E-state index in [1.54, 1.807) is 17.4 Å². The molecule has 3 aromatic rings. The Morgan fingerprint density at radius 2 is 1.71 bits per heavy atom. The van der Waals surface area contributed by atoms with Crippen LogP contribution in [0.4, 0.5) is 0 Å². The Bertz CT molecular complexity index is 906. The molecule has 0 radical (unpaired) electrons. The Balaban J connectivity index is 1.57. The number of amides is 1. The number of carbonyl (C=O) groups is 2. The molecule has 3 rings (SSSR count). The lowest BCUT2D eigenvalue weighted by Crippen LogP contribution is -2.33. The second-order valence-corrected chi connectivity index (χ2v) is 7.00. The zero-order valence-electron chi connectivity index (χ0n) is 15.3. The van der Waals surface area contributed by atoms with Gasteiger partial charge in [0.1, 0.15) is 0 Å². The van der Waals surface area contributed by atoms with Gasteiger partial charge in [-0.05, 0) is 46.0 Å². The standard InChI is InChI=1S/C23H21NO3S/c25-22(16-27-23(26)12-11-19-13-14-28-17-19)24-21(20-9-5-2-6-10-20)15-18-7-3-1-4-8-18/h1-14,17,21H,15-16H2,(H,24,25)/b12-11+. The first-order valence-electron chi connectivity index (χ1n) is 8.96. The van der Waals surface area contributed by atoms with Gasteiger partial charge in [0.25, 0.3) is 5.91 Å². The maximum atomic E-state index is 12.3. The zero-order chi connectivity index (χ0) is 19.6. The minimum absolute atomic E-state index is 0.198. The van der Waals surface area contributed by atoms with Crippen molar-refractivity contribution in [2.24, 2.45) is 0 Å². The maximum Gasteiger partial charge on any atom is 0.331 e. The van der Waals surface area contributed by atoms with Crippen LogP contribution in [-0.4, -0.2) is 18.5 Å². The molecule has 0 spiro atoms. The molecule has 0 aliphatic carbocycles. The molecule has 28 heavy (non-hydrogen) atoms. The third kappa shape index (κ3) is 6.21. The first-order chi connectivity index (χ1) is 13.7. The molecule has 1 amide bonds. The predicted octanol–water partition coefficient (Wildman–Crippen LogP) is 4.40. The predicted molar refractivity (Wildman–Crippen MR) is 112 cm³/mol. The average Bonchev–Trinajstić information content (AvgIpc) is 3.25. The van der Waals surface area contributed by atoms with Crippen molar-refractivity contribution in [3.63, 3.8) is 0 Å². The van der Waals surface area contributed by atoms with Gasteiger partial charge in [-0.3, -0.25) is 4.79 Å². The van der Waals surface area contributed by atoms with E-state index in [0.717, 1.165) is 16.7 Å². The largest absolute Gasteiger partial charge is 0.452 e. The summed E-state index contributed by atoms with van der Waals surface area (Å²) in [6, 6.07) is 21.4. The summed E-state index contributed by atoms with van der Waals surface area (Å²) < 4.78 is 5.05. The SMILES string of the molecule is O=C(COC(=O)/C=C/c1ccsc1)NC(Cc1ccccc1)c1ccccc1. The van der Waals surface area contributed by atoms with E-state index in [1.807, 2.05) is 77.5 Å². The molecule has 0 aliphatic rings. The van der Waals surface area contributed by atoms with Gasteiger partial charge < -0.3 is 10.1 Å². The van der Waals surface area contributed by atoms with Crippen molar-refractivity contribution in [3.05, 3.63) is 100 Å². The van der Waals surface area contributed by atoms with Crippen LogP contribution >= 0.6 is 11.3 Å². The molecule has 2 aromatic carbocycles. The van der Waals surface area contributed by atoms with Crippen LogP contribution in [0.3, 0.4) is 0 Å². The zero-order valence-corrected chi connectivity index (χ0v) is 16.1. The molecule has 1 unspecified atom stereocenters. The van der Waals surface area contributed by atoms with Gasteiger partial charge in [-0.2, -0.15) is 11.3 Å².